The van der Waals surface area contributed by atoms with E-state index in [-0.39, 0.29) is 5.56 Å². The first kappa shape index (κ1) is 12.7. The second-order valence-corrected chi connectivity index (χ2v) is 5.16. The molecule has 2 nitrogen and oxygen atoms in total. The predicted octanol–water partition coefficient (Wildman–Crippen LogP) is 3.67. The number of anilines is 1. The molecule has 0 radical (unpaired) electrons. The third kappa shape index (κ3) is 2.50. The van der Waals surface area contributed by atoms with Crippen molar-refractivity contribution in [1.82, 2.24) is 0 Å². The summed E-state index contributed by atoms with van der Waals surface area (Å²) in [6, 6.07) is 15.3. The Bertz CT molecular complexity index is 673. The highest BCUT2D eigenvalue weighted by Gasteiger charge is 2.18. The van der Waals surface area contributed by atoms with Gasteiger partial charge in [-0.2, -0.15) is 5.26 Å². The van der Waals surface area contributed by atoms with E-state index in [1.807, 2.05) is 6.07 Å². The molecule has 1 unspecified atom stereocenters. The van der Waals surface area contributed by atoms with Crippen molar-refractivity contribution in [2.24, 2.45) is 0 Å². The van der Waals surface area contributed by atoms with Crippen LogP contribution in [0.3, 0.4) is 0 Å². The zero-order chi connectivity index (χ0) is 13.9. The average molecular weight is 266 g/mol. The zero-order valence-electron chi connectivity index (χ0n) is 11.1. The lowest BCUT2D eigenvalue weighted by atomic mass is 9.88. The molecule has 0 saturated carbocycles. The molecular formula is C17H15FN2. The Morgan fingerprint density at radius 3 is 2.75 bits per heavy atom. The van der Waals surface area contributed by atoms with Gasteiger partial charge in [-0.05, 0) is 48.6 Å². The molecule has 1 atom stereocenters. The fourth-order valence-corrected chi connectivity index (χ4v) is 2.76. The molecule has 0 aromatic heterocycles. The molecule has 1 N–H and O–H groups in total. The van der Waals surface area contributed by atoms with Crippen LogP contribution in [-0.2, 0) is 12.8 Å². The van der Waals surface area contributed by atoms with Crippen LogP contribution in [0.15, 0.2) is 42.5 Å². The molecule has 0 spiro atoms. The van der Waals surface area contributed by atoms with Crippen molar-refractivity contribution in [3.8, 4) is 6.07 Å². The number of benzene rings is 2. The molecule has 0 bridgehead atoms. The van der Waals surface area contributed by atoms with Crippen LogP contribution in [0.5, 0.6) is 0 Å². The molecule has 3 rings (SSSR count). The largest absolute Gasteiger partial charge is 0.382 e. The lowest BCUT2D eigenvalue weighted by Gasteiger charge is -2.26. The summed E-state index contributed by atoms with van der Waals surface area (Å²) in [5.41, 5.74) is 3.69. The molecule has 0 saturated heterocycles. The Morgan fingerprint density at radius 2 is 1.95 bits per heavy atom. The highest BCUT2D eigenvalue weighted by atomic mass is 19.1. The number of aryl methyl sites for hydroxylation is 1. The lowest BCUT2D eigenvalue weighted by molar-refractivity contribution is 0.608. The van der Waals surface area contributed by atoms with Gasteiger partial charge >= 0.3 is 0 Å². The summed E-state index contributed by atoms with van der Waals surface area (Å²) in [5.74, 6) is -0.466. The van der Waals surface area contributed by atoms with E-state index in [4.69, 9.17) is 5.26 Å². The van der Waals surface area contributed by atoms with Gasteiger partial charge in [-0.1, -0.05) is 24.3 Å². The van der Waals surface area contributed by atoms with Crippen molar-refractivity contribution < 1.29 is 4.39 Å². The molecule has 0 heterocycles. The maximum atomic E-state index is 13.3. The first-order chi connectivity index (χ1) is 9.76. The quantitative estimate of drug-likeness (QED) is 0.900. The van der Waals surface area contributed by atoms with Crippen molar-refractivity contribution in [3.05, 3.63) is 65.0 Å². The Kier molecular flexibility index (Phi) is 3.39. The molecule has 0 fully saturated rings. The minimum absolute atomic E-state index is 0.0891. The minimum atomic E-state index is -0.466. The molecule has 1 aliphatic carbocycles. The van der Waals surface area contributed by atoms with Crippen molar-refractivity contribution >= 4 is 5.69 Å². The fraction of sp³-hybridized carbons (Fsp3) is 0.235. The normalized spacial score (nSPS) is 17.1. The SMILES string of the molecule is N#Cc1cc(NC2CCc3ccccc3C2)ccc1F. The van der Waals surface area contributed by atoms with Gasteiger partial charge in [-0.15, -0.1) is 0 Å². The summed E-state index contributed by atoms with van der Waals surface area (Å²) in [6.45, 7) is 0. The molecule has 100 valence electrons. The number of nitrogens with zero attached hydrogens (tertiary/aromatic N) is 1. The maximum absolute atomic E-state index is 13.3. The number of nitriles is 1. The molecule has 2 aromatic carbocycles. The minimum Gasteiger partial charge on any atom is -0.382 e. The first-order valence-electron chi connectivity index (χ1n) is 6.79. The van der Waals surface area contributed by atoms with Crippen LogP contribution in [0.1, 0.15) is 23.1 Å². The van der Waals surface area contributed by atoms with Crippen LogP contribution in [0.25, 0.3) is 0 Å². The topological polar surface area (TPSA) is 35.8 Å². The highest BCUT2D eigenvalue weighted by Crippen LogP contribution is 2.24. The van der Waals surface area contributed by atoms with Gasteiger partial charge in [0.15, 0.2) is 0 Å². The molecule has 2 aromatic rings. The van der Waals surface area contributed by atoms with Crippen LogP contribution in [0.2, 0.25) is 0 Å². The van der Waals surface area contributed by atoms with Gasteiger partial charge in [0.2, 0.25) is 0 Å². The van der Waals surface area contributed by atoms with Crippen LogP contribution in [0, 0.1) is 17.1 Å². The van der Waals surface area contributed by atoms with Crippen molar-refractivity contribution in [1.29, 1.82) is 5.26 Å². The summed E-state index contributed by atoms with van der Waals surface area (Å²) in [7, 11) is 0. The van der Waals surface area contributed by atoms with Gasteiger partial charge < -0.3 is 5.32 Å². The Labute approximate surface area is 117 Å². The number of hydrogen-bond donors (Lipinski definition) is 1. The number of fused-ring (bicyclic) bond motifs is 1. The van der Waals surface area contributed by atoms with Crippen LogP contribution < -0.4 is 5.32 Å². The fourth-order valence-electron chi connectivity index (χ4n) is 2.76. The van der Waals surface area contributed by atoms with Crippen LogP contribution in [0.4, 0.5) is 10.1 Å². The smallest absolute Gasteiger partial charge is 0.141 e. The number of rotatable bonds is 2. The molecular weight excluding hydrogens is 251 g/mol. The highest BCUT2D eigenvalue weighted by molar-refractivity contribution is 5.51. The predicted molar refractivity (Wildman–Crippen MR) is 77.0 cm³/mol. The van der Waals surface area contributed by atoms with Crippen LogP contribution in [-0.4, -0.2) is 6.04 Å². The first-order valence-corrected chi connectivity index (χ1v) is 6.79. The van der Waals surface area contributed by atoms with Crippen LogP contribution >= 0.6 is 0 Å². The van der Waals surface area contributed by atoms with Gasteiger partial charge in [0, 0.05) is 11.7 Å². The van der Waals surface area contributed by atoms with E-state index in [1.54, 1.807) is 12.1 Å². The van der Waals surface area contributed by atoms with Gasteiger partial charge in [0.25, 0.3) is 0 Å². The van der Waals surface area contributed by atoms with Gasteiger partial charge in [-0.3, -0.25) is 0 Å². The molecule has 20 heavy (non-hydrogen) atoms. The summed E-state index contributed by atoms with van der Waals surface area (Å²) in [5, 5.41) is 12.3. The lowest BCUT2D eigenvalue weighted by Crippen LogP contribution is -2.27. The second-order valence-electron chi connectivity index (χ2n) is 5.16. The van der Waals surface area contributed by atoms with E-state index in [1.165, 1.54) is 17.2 Å². The van der Waals surface area contributed by atoms with Gasteiger partial charge in [0.1, 0.15) is 11.9 Å². The van der Waals surface area contributed by atoms with E-state index in [2.05, 4.69) is 29.6 Å². The zero-order valence-corrected chi connectivity index (χ0v) is 11.1. The molecule has 3 heteroatoms. The number of halogens is 1. The van der Waals surface area contributed by atoms with Crippen molar-refractivity contribution in [2.45, 2.75) is 25.3 Å². The maximum Gasteiger partial charge on any atom is 0.141 e. The molecule has 1 aliphatic rings. The van der Waals surface area contributed by atoms with E-state index in [9.17, 15) is 4.39 Å². The molecule has 0 amide bonds. The number of nitrogens with one attached hydrogen (secondary N) is 1. The number of hydrogen-bond acceptors (Lipinski definition) is 2. The summed E-state index contributed by atoms with van der Waals surface area (Å²) < 4.78 is 13.3. The van der Waals surface area contributed by atoms with E-state index in [0.717, 1.165) is 24.9 Å². The Morgan fingerprint density at radius 1 is 1.15 bits per heavy atom. The second kappa shape index (κ2) is 5.34. The third-order valence-electron chi connectivity index (χ3n) is 3.80. The van der Waals surface area contributed by atoms with E-state index in [0.29, 0.717) is 6.04 Å². The average Bonchev–Trinajstić information content (AvgIpc) is 2.49. The summed E-state index contributed by atoms with van der Waals surface area (Å²) >= 11 is 0. The van der Waals surface area contributed by atoms with Gasteiger partial charge in [-0.25, -0.2) is 4.39 Å². The molecule has 0 aliphatic heterocycles. The Hall–Kier alpha value is -2.34. The standard InChI is InChI=1S/C17H15FN2/c18-17-8-7-16(10-14(17)11-19)20-15-6-5-12-3-1-2-4-13(12)9-15/h1-4,7-8,10,15,20H,5-6,9H2. The van der Waals surface area contributed by atoms with Crippen molar-refractivity contribution in [3.63, 3.8) is 0 Å². The summed E-state index contributed by atoms with van der Waals surface area (Å²) in [6.07, 6.45) is 3.08. The summed E-state index contributed by atoms with van der Waals surface area (Å²) in [4.78, 5) is 0. The van der Waals surface area contributed by atoms with E-state index >= 15 is 0 Å². The van der Waals surface area contributed by atoms with Gasteiger partial charge in [0.05, 0.1) is 5.56 Å². The Balaban J connectivity index is 1.75. The van der Waals surface area contributed by atoms with E-state index < -0.39 is 5.82 Å². The monoisotopic (exact) mass is 266 g/mol. The van der Waals surface area contributed by atoms with Crippen molar-refractivity contribution in [2.75, 3.05) is 5.32 Å². The third-order valence-corrected chi connectivity index (χ3v) is 3.80.